The lowest BCUT2D eigenvalue weighted by atomic mass is 10.1. The van der Waals surface area contributed by atoms with Crippen LogP contribution in [0.3, 0.4) is 0 Å². The van der Waals surface area contributed by atoms with E-state index in [2.05, 4.69) is 0 Å². The van der Waals surface area contributed by atoms with Crippen molar-refractivity contribution in [2.45, 2.75) is 19.4 Å². The van der Waals surface area contributed by atoms with Crippen molar-refractivity contribution < 1.29 is 39.2 Å². The van der Waals surface area contributed by atoms with Gasteiger partial charge in [-0.15, -0.1) is 0 Å². The molecule has 8 nitrogen and oxygen atoms in total. The van der Waals surface area contributed by atoms with Crippen molar-refractivity contribution in [3.63, 3.8) is 0 Å². The quantitative estimate of drug-likeness (QED) is 0.518. The van der Waals surface area contributed by atoms with Crippen molar-refractivity contribution in [2.75, 3.05) is 6.61 Å². The van der Waals surface area contributed by atoms with Crippen molar-refractivity contribution in [2.24, 2.45) is 0 Å². The molecule has 152 valence electrons. The number of para-hydroxylation sites is 2. The van der Waals surface area contributed by atoms with Crippen molar-refractivity contribution in [3.8, 4) is 11.5 Å². The van der Waals surface area contributed by atoms with E-state index in [1.807, 2.05) is 0 Å². The molecule has 0 heterocycles. The smallest absolute Gasteiger partial charge is 0.339 e. The van der Waals surface area contributed by atoms with E-state index in [4.69, 9.17) is 14.6 Å². The van der Waals surface area contributed by atoms with E-state index >= 15 is 0 Å². The van der Waals surface area contributed by atoms with Gasteiger partial charge in [-0.1, -0.05) is 24.3 Å². The van der Waals surface area contributed by atoms with Crippen molar-refractivity contribution in [1.29, 1.82) is 0 Å². The monoisotopic (exact) mass is 400 g/mol. The number of hydrogen-bond acceptors (Lipinski definition) is 5. The molecule has 3 N–H and O–H groups in total. The SMILES string of the molecule is CC(=CC(CCOc1ccccc1C(=O)O)Oc1ccccc1C(=O)O)C(=O)O. The summed E-state index contributed by atoms with van der Waals surface area (Å²) in [6, 6.07) is 12.1. The van der Waals surface area contributed by atoms with Gasteiger partial charge in [0.2, 0.25) is 0 Å². The number of carboxylic acids is 3. The topological polar surface area (TPSA) is 130 Å². The Morgan fingerprint density at radius 3 is 1.97 bits per heavy atom. The van der Waals surface area contributed by atoms with E-state index < -0.39 is 24.0 Å². The Morgan fingerprint density at radius 2 is 1.41 bits per heavy atom. The van der Waals surface area contributed by atoms with Gasteiger partial charge in [0.05, 0.1) is 6.61 Å². The Morgan fingerprint density at radius 1 is 0.897 bits per heavy atom. The van der Waals surface area contributed by atoms with E-state index in [1.54, 1.807) is 24.3 Å². The van der Waals surface area contributed by atoms with Crippen molar-refractivity contribution >= 4 is 17.9 Å². The summed E-state index contributed by atoms with van der Waals surface area (Å²) in [6.07, 6.45) is 0.712. The first kappa shape index (κ1) is 21.5. The Labute approximate surface area is 166 Å². The third-order valence-electron chi connectivity index (χ3n) is 3.95. The molecular formula is C21H20O8. The minimum atomic E-state index is -1.18. The van der Waals surface area contributed by atoms with Gasteiger partial charge in [0.25, 0.3) is 0 Å². The average molecular weight is 400 g/mol. The Hall–Kier alpha value is -3.81. The molecule has 2 rings (SSSR count). The van der Waals surface area contributed by atoms with Crippen LogP contribution in [-0.2, 0) is 4.79 Å². The molecule has 0 aliphatic rings. The molecule has 2 aromatic carbocycles. The van der Waals surface area contributed by atoms with Crippen LogP contribution in [-0.4, -0.2) is 45.9 Å². The highest BCUT2D eigenvalue weighted by molar-refractivity contribution is 5.91. The van der Waals surface area contributed by atoms with Gasteiger partial charge >= 0.3 is 17.9 Å². The molecule has 1 atom stereocenters. The lowest BCUT2D eigenvalue weighted by Crippen LogP contribution is -2.20. The molecule has 2 aromatic rings. The van der Waals surface area contributed by atoms with Crippen LogP contribution in [0, 0.1) is 0 Å². The highest BCUT2D eigenvalue weighted by atomic mass is 16.5. The zero-order valence-electron chi connectivity index (χ0n) is 15.6. The molecule has 0 amide bonds. The third-order valence-corrected chi connectivity index (χ3v) is 3.95. The number of aliphatic carboxylic acids is 1. The van der Waals surface area contributed by atoms with E-state index in [9.17, 15) is 24.6 Å². The number of rotatable bonds is 10. The maximum Gasteiger partial charge on any atom is 0.339 e. The molecular weight excluding hydrogens is 380 g/mol. The van der Waals surface area contributed by atoms with Crippen LogP contribution in [0.4, 0.5) is 0 Å². The van der Waals surface area contributed by atoms with Crippen molar-refractivity contribution in [3.05, 3.63) is 71.3 Å². The van der Waals surface area contributed by atoms with Gasteiger partial charge in [0.1, 0.15) is 28.7 Å². The lowest BCUT2D eigenvalue weighted by molar-refractivity contribution is -0.132. The lowest BCUT2D eigenvalue weighted by Gasteiger charge is -2.18. The van der Waals surface area contributed by atoms with Crippen LogP contribution in [0.1, 0.15) is 34.1 Å². The maximum absolute atomic E-state index is 11.4. The van der Waals surface area contributed by atoms with E-state index in [0.717, 1.165) is 0 Å². The Bertz CT molecular complexity index is 932. The summed E-state index contributed by atoms with van der Waals surface area (Å²) in [5, 5.41) is 27.6. The fraction of sp³-hybridized carbons (Fsp3) is 0.190. The molecule has 29 heavy (non-hydrogen) atoms. The van der Waals surface area contributed by atoms with Crippen LogP contribution >= 0.6 is 0 Å². The summed E-state index contributed by atoms with van der Waals surface area (Å²) in [6.45, 7) is 1.41. The second-order valence-electron chi connectivity index (χ2n) is 6.05. The summed E-state index contributed by atoms with van der Waals surface area (Å²) >= 11 is 0. The van der Waals surface area contributed by atoms with Gasteiger partial charge in [-0.05, 0) is 37.3 Å². The highest BCUT2D eigenvalue weighted by Crippen LogP contribution is 2.22. The van der Waals surface area contributed by atoms with E-state index in [1.165, 1.54) is 37.3 Å². The zero-order chi connectivity index (χ0) is 21.4. The first-order chi connectivity index (χ1) is 13.8. The minimum Gasteiger partial charge on any atom is -0.493 e. The summed E-state index contributed by atoms with van der Waals surface area (Å²) in [5.41, 5.74) is -0.0387. The number of benzene rings is 2. The number of carbonyl (C=O) groups is 3. The molecule has 8 heteroatoms. The van der Waals surface area contributed by atoms with Crippen molar-refractivity contribution in [1.82, 2.24) is 0 Å². The molecule has 0 spiro atoms. The number of hydrogen-bond donors (Lipinski definition) is 3. The summed E-state index contributed by atoms with van der Waals surface area (Å²) in [4.78, 5) is 33.8. The van der Waals surface area contributed by atoms with Gasteiger partial charge in [-0.25, -0.2) is 14.4 Å². The highest BCUT2D eigenvalue weighted by Gasteiger charge is 2.17. The number of carboxylic acid groups (broad SMARTS) is 3. The molecule has 0 saturated carbocycles. The fourth-order valence-electron chi connectivity index (χ4n) is 2.49. The van der Waals surface area contributed by atoms with E-state index in [-0.39, 0.29) is 41.2 Å². The molecule has 1 unspecified atom stereocenters. The summed E-state index contributed by atoms with van der Waals surface area (Å²) in [7, 11) is 0. The van der Waals surface area contributed by atoms with Gasteiger partial charge in [-0.2, -0.15) is 0 Å². The second kappa shape index (κ2) is 9.93. The average Bonchev–Trinajstić information content (AvgIpc) is 2.68. The maximum atomic E-state index is 11.4. The summed E-state index contributed by atoms with van der Waals surface area (Å²) in [5.74, 6) is -3.19. The normalized spacial score (nSPS) is 12.1. The third kappa shape index (κ3) is 6.10. The fourth-order valence-corrected chi connectivity index (χ4v) is 2.49. The first-order valence-electron chi connectivity index (χ1n) is 8.65. The number of aromatic carboxylic acids is 2. The van der Waals surface area contributed by atoms with Gasteiger partial charge in [-0.3, -0.25) is 0 Å². The standard InChI is InChI=1S/C21H20O8/c1-13(19(22)23)12-14(29-18-9-5-3-7-16(18)21(26)27)10-11-28-17-8-4-2-6-15(17)20(24)25/h2-9,12,14H,10-11H2,1H3,(H,22,23)(H,24,25)(H,26,27). The zero-order valence-corrected chi connectivity index (χ0v) is 15.6. The molecule has 0 fully saturated rings. The van der Waals surface area contributed by atoms with Gasteiger partial charge < -0.3 is 24.8 Å². The molecule has 0 aliphatic carbocycles. The molecule has 0 bridgehead atoms. The van der Waals surface area contributed by atoms with Crippen LogP contribution in [0.25, 0.3) is 0 Å². The second-order valence-corrected chi connectivity index (χ2v) is 6.05. The van der Waals surface area contributed by atoms with E-state index in [0.29, 0.717) is 0 Å². The number of ether oxygens (including phenoxy) is 2. The predicted molar refractivity (Wildman–Crippen MR) is 103 cm³/mol. The van der Waals surface area contributed by atoms with Crippen LogP contribution in [0.15, 0.2) is 60.2 Å². The van der Waals surface area contributed by atoms with Crippen LogP contribution < -0.4 is 9.47 Å². The predicted octanol–water partition coefficient (Wildman–Crippen LogP) is 3.33. The summed E-state index contributed by atoms with van der Waals surface area (Å²) < 4.78 is 11.3. The minimum absolute atomic E-state index is 0.00144. The molecule has 0 saturated heterocycles. The van der Waals surface area contributed by atoms with Gasteiger partial charge in [0, 0.05) is 12.0 Å². The molecule has 0 radical (unpaired) electrons. The largest absolute Gasteiger partial charge is 0.493 e. The first-order valence-corrected chi connectivity index (χ1v) is 8.65. The van der Waals surface area contributed by atoms with Crippen LogP contribution in [0.2, 0.25) is 0 Å². The molecule has 0 aliphatic heterocycles. The van der Waals surface area contributed by atoms with Crippen LogP contribution in [0.5, 0.6) is 11.5 Å². The van der Waals surface area contributed by atoms with Gasteiger partial charge in [0.15, 0.2) is 0 Å². The Kier molecular flexibility index (Phi) is 7.36. The molecule has 0 aromatic heterocycles. The Balaban J connectivity index is 2.18.